The summed E-state index contributed by atoms with van der Waals surface area (Å²) in [5.74, 6) is -0.410. The van der Waals surface area contributed by atoms with E-state index < -0.39 is 41.9 Å². The van der Waals surface area contributed by atoms with E-state index in [1.807, 2.05) is 19.9 Å². The lowest BCUT2D eigenvalue weighted by molar-refractivity contribution is -0.125. The molecule has 0 saturated carbocycles. The Balaban J connectivity index is 2.30. The fraction of sp³-hybridized carbons (Fsp3) is 0.474. The Bertz CT molecular complexity index is 1240. The monoisotopic (exact) mass is 712 g/mol. The Hall–Kier alpha value is -3.38. The molecule has 3 amide bonds. The summed E-state index contributed by atoms with van der Waals surface area (Å²) in [6.45, 7) is 5.39. The lowest BCUT2D eigenvalue weighted by atomic mass is 10.0. The molecule has 1 aromatic rings. The van der Waals surface area contributed by atoms with Crippen molar-refractivity contribution in [1.82, 2.24) is 20.9 Å². The fourth-order valence-corrected chi connectivity index (χ4v) is 6.65. The highest BCUT2D eigenvalue weighted by molar-refractivity contribution is 8.77. The Kier molecular flexibility index (Phi) is 25.3. The molecule has 11 heteroatoms. The molecule has 0 fully saturated rings. The molecule has 1 atom stereocenters. The summed E-state index contributed by atoms with van der Waals surface area (Å²) in [4.78, 5) is 42.2. The van der Waals surface area contributed by atoms with Crippen LogP contribution in [-0.2, 0) is 9.59 Å². The second-order valence-electron chi connectivity index (χ2n) is 11.5. The van der Waals surface area contributed by atoms with Gasteiger partial charge in [0.15, 0.2) is 0 Å². The van der Waals surface area contributed by atoms with Gasteiger partial charge < -0.3 is 26.2 Å². The van der Waals surface area contributed by atoms with Gasteiger partial charge in [0.25, 0.3) is 5.91 Å². The molecule has 1 rings (SSSR count). The van der Waals surface area contributed by atoms with Crippen LogP contribution in [0.1, 0.15) is 82.5 Å². The Morgan fingerprint density at radius 3 is 1.90 bits per heavy atom. The van der Waals surface area contributed by atoms with Crippen molar-refractivity contribution in [1.29, 1.82) is 0 Å². The van der Waals surface area contributed by atoms with Crippen LogP contribution >= 0.6 is 21.6 Å². The molecular formula is C38H56N4O5S2. The molecule has 5 N–H and O–H groups in total. The summed E-state index contributed by atoms with van der Waals surface area (Å²) >= 11 is 0. The molecule has 0 aliphatic carbocycles. The molecule has 1 heterocycles. The highest BCUT2D eigenvalue weighted by Gasteiger charge is 2.38. The van der Waals surface area contributed by atoms with Gasteiger partial charge in [0, 0.05) is 35.9 Å². The number of nitrogens with one attached hydrogen (secondary N) is 3. The second-order valence-corrected chi connectivity index (χ2v) is 14.6. The zero-order valence-electron chi connectivity index (χ0n) is 29.3. The van der Waals surface area contributed by atoms with Gasteiger partial charge in [-0.3, -0.25) is 19.4 Å². The molecule has 0 bridgehead atoms. The van der Waals surface area contributed by atoms with E-state index >= 15 is 0 Å². The van der Waals surface area contributed by atoms with Gasteiger partial charge in [-0.2, -0.15) is 0 Å². The van der Waals surface area contributed by atoms with Gasteiger partial charge in [-0.15, -0.1) is 0 Å². The smallest absolute Gasteiger partial charge is 0.253 e. The third-order valence-electron chi connectivity index (χ3n) is 6.86. The third kappa shape index (κ3) is 22.1. The highest BCUT2D eigenvalue weighted by atomic mass is 33.1. The van der Waals surface area contributed by atoms with Crippen LogP contribution < -0.4 is 16.0 Å². The van der Waals surface area contributed by atoms with Crippen molar-refractivity contribution >= 4 is 39.3 Å². The van der Waals surface area contributed by atoms with Crippen molar-refractivity contribution < 1.29 is 24.6 Å². The molecule has 0 aliphatic heterocycles. The van der Waals surface area contributed by atoms with Gasteiger partial charge in [-0.1, -0.05) is 101 Å². The SMILES string of the molecule is CC/C=C\C/C=C\C/C=C\C/C=C\C/C=C\C/C=C\CCC(=O)NCCSSC(C)(C)[C@H](NC(=O)c1cccnc1)C(=O)NC(CO)CO. The van der Waals surface area contributed by atoms with E-state index in [9.17, 15) is 24.6 Å². The van der Waals surface area contributed by atoms with Crippen molar-refractivity contribution in [2.45, 2.75) is 89.0 Å². The van der Waals surface area contributed by atoms with Crippen molar-refractivity contribution in [3.8, 4) is 0 Å². The molecule has 0 aromatic carbocycles. The van der Waals surface area contributed by atoms with Gasteiger partial charge in [-0.05, 0) is 70.9 Å². The first-order chi connectivity index (χ1) is 23.7. The van der Waals surface area contributed by atoms with E-state index in [1.165, 1.54) is 27.8 Å². The number of carbonyl (C=O) groups excluding carboxylic acids is 3. The summed E-state index contributed by atoms with van der Waals surface area (Å²) in [6, 6.07) is 1.41. The van der Waals surface area contributed by atoms with Crippen LogP contribution in [0, 0.1) is 0 Å². The number of aromatic nitrogens is 1. The van der Waals surface area contributed by atoms with Crippen LogP contribution in [0.2, 0.25) is 0 Å². The van der Waals surface area contributed by atoms with Crippen LogP contribution in [-0.4, -0.2) is 75.3 Å². The average molecular weight is 713 g/mol. The number of aliphatic hydroxyl groups excluding tert-OH is 2. The molecule has 0 unspecified atom stereocenters. The Labute approximate surface area is 301 Å². The number of carbonyl (C=O) groups is 3. The van der Waals surface area contributed by atoms with Crippen molar-refractivity contribution in [2.75, 3.05) is 25.5 Å². The summed E-state index contributed by atoms with van der Waals surface area (Å²) in [5, 5.41) is 27.1. The minimum atomic E-state index is -0.978. The number of hydrogen-bond acceptors (Lipinski definition) is 8. The maximum absolute atomic E-state index is 13.1. The van der Waals surface area contributed by atoms with E-state index in [1.54, 1.807) is 18.3 Å². The van der Waals surface area contributed by atoms with E-state index in [0.717, 1.165) is 38.5 Å². The summed E-state index contributed by atoms with van der Waals surface area (Å²) in [5.41, 5.74) is 0.307. The first kappa shape index (κ1) is 43.6. The van der Waals surface area contributed by atoms with E-state index in [2.05, 4.69) is 94.7 Å². The minimum Gasteiger partial charge on any atom is -0.394 e. The molecule has 1 aromatic heterocycles. The first-order valence-corrected chi connectivity index (χ1v) is 19.3. The second kappa shape index (κ2) is 28.5. The molecule has 0 spiro atoms. The first-order valence-electron chi connectivity index (χ1n) is 16.9. The summed E-state index contributed by atoms with van der Waals surface area (Å²) < 4.78 is -0.776. The van der Waals surface area contributed by atoms with Crippen LogP contribution in [0.15, 0.2) is 97.4 Å². The largest absolute Gasteiger partial charge is 0.394 e. The summed E-state index contributed by atoms with van der Waals surface area (Å²) in [7, 11) is 2.89. The van der Waals surface area contributed by atoms with E-state index in [4.69, 9.17) is 0 Å². The quantitative estimate of drug-likeness (QED) is 0.0422. The zero-order valence-corrected chi connectivity index (χ0v) is 30.9. The maximum Gasteiger partial charge on any atom is 0.253 e. The lowest BCUT2D eigenvalue weighted by Gasteiger charge is -2.33. The van der Waals surface area contributed by atoms with E-state index in [0.29, 0.717) is 30.7 Å². The number of amides is 3. The standard InChI is InChI=1S/C38H56N4O5S2/c1-4-5-6-7-8-9-10-11-12-13-14-15-16-17-18-19-20-21-22-25-34(45)40-27-28-48-49-38(2,3)35(37(47)41-33(30-43)31-44)42-36(46)32-24-23-26-39-29-32/h5-6,8-9,11-12,14-15,17-18,20-21,23-24,26,29,33,35,43-44H,4,7,10,13,16,19,22,25,27-28,30-31H2,1-3H3,(H,40,45)(H,41,47)(H,42,46)/b6-5-,9-8-,12-11-,15-14-,18-17-,21-20-/t35-/m1/s1. The van der Waals surface area contributed by atoms with Crippen LogP contribution in [0.4, 0.5) is 0 Å². The van der Waals surface area contributed by atoms with Crippen molar-refractivity contribution in [3.05, 3.63) is 103 Å². The van der Waals surface area contributed by atoms with Crippen LogP contribution in [0.5, 0.6) is 0 Å². The Morgan fingerprint density at radius 1 is 0.837 bits per heavy atom. The molecule has 0 aliphatic rings. The van der Waals surface area contributed by atoms with Gasteiger partial charge in [0.2, 0.25) is 11.8 Å². The lowest BCUT2D eigenvalue weighted by Crippen LogP contribution is -2.58. The third-order valence-corrected chi connectivity index (χ3v) is 10.2. The zero-order chi connectivity index (χ0) is 36.0. The van der Waals surface area contributed by atoms with Crippen LogP contribution in [0.25, 0.3) is 0 Å². The number of hydrogen-bond donors (Lipinski definition) is 5. The Morgan fingerprint density at radius 2 is 1.39 bits per heavy atom. The molecule has 0 radical (unpaired) electrons. The number of allylic oxidation sites excluding steroid dienone is 12. The fourth-order valence-electron chi connectivity index (χ4n) is 4.12. The van der Waals surface area contributed by atoms with Crippen molar-refractivity contribution in [3.63, 3.8) is 0 Å². The summed E-state index contributed by atoms with van der Waals surface area (Å²) in [6.07, 6.45) is 35.6. The molecule has 270 valence electrons. The van der Waals surface area contributed by atoms with Gasteiger partial charge in [-0.25, -0.2) is 0 Å². The average Bonchev–Trinajstić information content (AvgIpc) is 3.10. The molecule has 0 saturated heterocycles. The number of nitrogens with zero attached hydrogens (tertiary/aromatic N) is 1. The van der Waals surface area contributed by atoms with Gasteiger partial charge in [0.1, 0.15) is 6.04 Å². The van der Waals surface area contributed by atoms with Crippen LogP contribution in [0.3, 0.4) is 0 Å². The predicted molar refractivity (Wildman–Crippen MR) is 206 cm³/mol. The number of pyridine rings is 1. The highest BCUT2D eigenvalue weighted by Crippen LogP contribution is 2.38. The van der Waals surface area contributed by atoms with Crippen molar-refractivity contribution in [2.24, 2.45) is 0 Å². The molecule has 49 heavy (non-hydrogen) atoms. The molecule has 9 nitrogen and oxygen atoms in total. The topological polar surface area (TPSA) is 141 Å². The van der Waals surface area contributed by atoms with E-state index in [-0.39, 0.29) is 5.91 Å². The normalized spacial score (nSPS) is 13.2. The minimum absolute atomic E-state index is 0.0237. The molecular weight excluding hydrogens is 657 g/mol. The maximum atomic E-state index is 13.1. The number of aliphatic hydroxyl groups is 2. The van der Waals surface area contributed by atoms with Gasteiger partial charge >= 0.3 is 0 Å². The predicted octanol–water partition coefficient (Wildman–Crippen LogP) is 6.40. The number of rotatable bonds is 26. The van der Waals surface area contributed by atoms with Gasteiger partial charge in [0.05, 0.1) is 24.8 Å².